The predicted molar refractivity (Wildman–Crippen MR) is 73.5 cm³/mol. The van der Waals surface area contributed by atoms with Crippen LogP contribution < -0.4 is 0 Å². The lowest BCUT2D eigenvalue weighted by atomic mass is 10.1. The first kappa shape index (κ1) is 13.1. The van der Waals surface area contributed by atoms with E-state index < -0.39 is 0 Å². The number of ether oxygens (including phenoxy) is 1. The molecule has 0 unspecified atom stereocenters. The van der Waals surface area contributed by atoms with Gasteiger partial charge in [0.25, 0.3) is 0 Å². The van der Waals surface area contributed by atoms with Gasteiger partial charge in [0.1, 0.15) is 0 Å². The van der Waals surface area contributed by atoms with Gasteiger partial charge in [0.2, 0.25) is 0 Å². The Hall–Kier alpha value is -1.85. The van der Waals surface area contributed by atoms with Crippen LogP contribution in [0.3, 0.4) is 0 Å². The fourth-order valence-electron chi connectivity index (χ4n) is 2.28. The molecule has 1 saturated heterocycles. The average molecular weight is 273 g/mol. The summed E-state index contributed by atoms with van der Waals surface area (Å²) in [6.45, 7) is 4.32. The predicted octanol–water partition coefficient (Wildman–Crippen LogP) is 2.11. The van der Waals surface area contributed by atoms with Crippen LogP contribution in [0.15, 0.2) is 36.8 Å². The molecule has 3 heterocycles. The van der Waals surface area contributed by atoms with E-state index in [-0.39, 0.29) is 5.82 Å². The number of rotatable bonds is 3. The van der Waals surface area contributed by atoms with Gasteiger partial charge in [-0.1, -0.05) is 6.07 Å². The summed E-state index contributed by atoms with van der Waals surface area (Å²) < 4.78 is 18.9. The molecule has 0 bridgehead atoms. The van der Waals surface area contributed by atoms with Gasteiger partial charge >= 0.3 is 0 Å². The summed E-state index contributed by atoms with van der Waals surface area (Å²) in [6.07, 6.45) is 4.59. The number of morpholine rings is 1. The molecule has 0 spiro atoms. The van der Waals surface area contributed by atoms with Crippen LogP contribution >= 0.6 is 0 Å². The van der Waals surface area contributed by atoms with Gasteiger partial charge in [-0.2, -0.15) is 0 Å². The number of pyridine rings is 2. The minimum atomic E-state index is -0.346. The molecule has 5 heteroatoms. The third-order valence-corrected chi connectivity index (χ3v) is 3.38. The fourth-order valence-corrected chi connectivity index (χ4v) is 2.28. The molecule has 1 aliphatic heterocycles. The van der Waals surface area contributed by atoms with Crippen LogP contribution in [-0.2, 0) is 11.3 Å². The molecule has 0 aliphatic carbocycles. The van der Waals surface area contributed by atoms with Crippen LogP contribution in [-0.4, -0.2) is 41.2 Å². The summed E-state index contributed by atoms with van der Waals surface area (Å²) in [5, 5.41) is 0. The first-order chi connectivity index (χ1) is 9.83. The van der Waals surface area contributed by atoms with Crippen molar-refractivity contribution < 1.29 is 9.13 Å². The molecule has 1 aliphatic rings. The second kappa shape index (κ2) is 6.07. The number of nitrogens with zero attached hydrogens (tertiary/aromatic N) is 3. The van der Waals surface area contributed by atoms with Crippen LogP contribution in [0.1, 0.15) is 5.56 Å². The van der Waals surface area contributed by atoms with Gasteiger partial charge in [-0.25, -0.2) is 4.39 Å². The maximum absolute atomic E-state index is 13.6. The Balaban J connectivity index is 1.73. The maximum Gasteiger partial charge on any atom is 0.150 e. The lowest BCUT2D eigenvalue weighted by molar-refractivity contribution is 0.0341. The van der Waals surface area contributed by atoms with E-state index in [1.165, 1.54) is 6.20 Å². The van der Waals surface area contributed by atoms with Crippen LogP contribution in [0.25, 0.3) is 11.3 Å². The second-order valence-corrected chi connectivity index (χ2v) is 4.80. The normalized spacial score (nSPS) is 16.2. The molecule has 0 radical (unpaired) electrons. The summed E-state index contributed by atoms with van der Waals surface area (Å²) in [5.41, 5.74) is 2.25. The third kappa shape index (κ3) is 3.00. The maximum atomic E-state index is 13.6. The Kier molecular flexibility index (Phi) is 3.99. The van der Waals surface area contributed by atoms with E-state index in [0.717, 1.165) is 38.4 Å². The number of aromatic nitrogens is 2. The zero-order valence-electron chi connectivity index (χ0n) is 11.1. The van der Waals surface area contributed by atoms with Crippen molar-refractivity contribution >= 4 is 0 Å². The topological polar surface area (TPSA) is 38.2 Å². The Bertz CT molecular complexity index is 568. The highest BCUT2D eigenvalue weighted by Gasteiger charge is 2.11. The van der Waals surface area contributed by atoms with Gasteiger partial charge in [0.15, 0.2) is 5.82 Å². The molecule has 4 nitrogen and oxygen atoms in total. The van der Waals surface area contributed by atoms with Crippen molar-refractivity contribution in [2.24, 2.45) is 0 Å². The molecule has 0 amide bonds. The van der Waals surface area contributed by atoms with Gasteiger partial charge in [-0.15, -0.1) is 0 Å². The summed E-state index contributed by atoms with van der Waals surface area (Å²) >= 11 is 0. The van der Waals surface area contributed by atoms with E-state index in [4.69, 9.17) is 4.74 Å². The van der Waals surface area contributed by atoms with Gasteiger partial charge in [0.05, 0.1) is 25.1 Å². The first-order valence-electron chi connectivity index (χ1n) is 6.68. The summed E-state index contributed by atoms with van der Waals surface area (Å²) in [6, 6.07) is 5.49. The minimum absolute atomic E-state index is 0.346. The lowest BCUT2D eigenvalue weighted by Gasteiger charge is -2.26. The Morgan fingerprint density at radius 3 is 2.70 bits per heavy atom. The minimum Gasteiger partial charge on any atom is -0.379 e. The molecule has 0 atom stereocenters. The van der Waals surface area contributed by atoms with Crippen LogP contribution in [0.2, 0.25) is 0 Å². The van der Waals surface area contributed by atoms with Crippen LogP contribution in [0, 0.1) is 5.82 Å². The Labute approximate surface area is 117 Å². The largest absolute Gasteiger partial charge is 0.379 e. The van der Waals surface area contributed by atoms with Gasteiger partial charge in [-0.3, -0.25) is 14.9 Å². The average Bonchev–Trinajstić information content (AvgIpc) is 2.50. The van der Waals surface area contributed by atoms with Crippen molar-refractivity contribution in [1.29, 1.82) is 0 Å². The molecule has 1 fully saturated rings. The standard InChI is InChI=1S/C15H16FN3O/c16-14-10-17-4-3-13(14)15-2-1-12(9-18-15)11-19-5-7-20-8-6-19/h1-4,9-10H,5-8,11H2. The zero-order chi connectivity index (χ0) is 13.8. The van der Waals surface area contributed by atoms with E-state index in [1.807, 2.05) is 18.3 Å². The van der Waals surface area contributed by atoms with Gasteiger partial charge in [-0.05, 0) is 17.7 Å². The Morgan fingerprint density at radius 2 is 2.00 bits per heavy atom. The monoisotopic (exact) mass is 273 g/mol. The third-order valence-electron chi connectivity index (χ3n) is 3.38. The quantitative estimate of drug-likeness (QED) is 0.858. The highest BCUT2D eigenvalue weighted by Crippen LogP contribution is 2.19. The highest BCUT2D eigenvalue weighted by molar-refractivity contribution is 5.58. The smallest absolute Gasteiger partial charge is 0.150 e. The fraction of sp³-hybridized carbons (Fsp3) is 0.333. The molecule has 20 heavy (non-hydrogen) atoms. The molecule has 0 saturated carbocycles. The zero-order valence-corrected chi connectivity index (χ0v) is 11.1. The van der Waals surface area contributed by atoms with E-state index in [1.54, 1.807) is 12.3 Å². The SMILES string of the molecule is Fc1cnccc1-c1ccc(CN2CCOCC2)cn1. The summed E-state index contributed by atoms with van der Waals surface area (Å²) in [4.78, 5) is 10.4. The highest BCUT2D eigenvalue weighted by atomic mass is 19.1. The molecule has 104 valence electrons. The van der Waals surface area contributed by atoms with Gasteiger partial charge < -0.3 is 4.74 Å². The molecule has 2 aromatic rings. The lowest BCUT2D eigenvalue weighted by Crippen LogP contribution is -2.35. The second-order valence-electron chi connectivity index (χ2n) is 4.80. The van der Waals surface area contributed by atoms with E-state index >= 15 is 0 Å². The van der Waals surface area contributed by atoms with E-state index in [2.05, 4.69) is 14.9 Å². The number of hydrogen-bond donors (Lipinski definition) is 0. The molecule has 3 rings (SSSR count). The molecule has 0 aromatic carbocycles. The summed E-state index contributed by atoms with van der Waals surface area (Å²) in [7, 11) is 0. The Morgan fingerprint density at radius 1 is 1.15 bits per heavy atom. The van der Waals surface area contributed by atoms with E-state index in [0.29, 0.717) is 11.3 Å². The van der Waals surface area contributed by atoms with Crippen molar-refractivity contribution in [3.63, 3.8) is 0 Å². The van der Waals surface area contributed by atoms with Crippen LogP contribution in [0.5, 0.6) is 0 Å². The molecule has 0 N–H and O–H groups in total. The van der Waals surface area contributed by atoms with E-state index in [9.17, 15) is 4.39 Å². The summed E-state index contributed by atoms with van der Waals surface area (Å²) in [5.74, 6) is -0.346. The van der Waals surface area contributed by atoms with Gasteiger partial charge in [0, 0.05) is 37.6 Å². The van der Waals surface area contributed by atoms with Crippen molar-refractivity contribution in [3.05, 3.63) is 48.2 Å². The number of halogens is 1. The van der Waals surface area contributed by atoms with Crippen molar-refractivity contribution in [2.75, 3.05) is 26.3 Å². The van der Waals surface area contributed by atoms with Crippen molar-refractivity contribution in [3.8, 4) is 11.3 Å². The number of hydrogen-bond acceptors (Lipinski definition) is 4. The van der Waals surface area contributed by atoms with Crippen LogP contribution in [0.4, 0.5) is 4.39 Å². The van der Waals surface area contributed by atoms with Crippen molar-refractivity contribution in [1.82, 2.24) is 14.9 Å². The van der Waals surface area contributed by atoms with Crippen molar-refractivity contribution in [2.45, 2.75) is 6.54 Å². The molecule has 2 aromatic heterocycles. The molecular formula is C15H16FN3O. The first-order valence-corrected chi connectivity index (χ1v) is 6.68. The molecular weight excluding hydrogens is 257 g/mol.